The Balaban J connectivity index is 1.57. The number of hydrogen-bond acceptors (Lipinski definition) is 4. The summed E-state index contributed by atoms with van der Waals surface area (Å²) in [5, 5.41) is 2.95. The summed E-state index contributed by atoms with van der Waals surface area (Å²) in [7, 11) is -1.80. The van der Waals surface area contributed by atoms with Gasteiger partial charge in [-0.15, -0.1) is 0 Å². The number of carbonyl (C=O) groups is 1. The topological polar surface area (TPSA) is 69.7 Å². The Labute approximate surface area is 179 Å². The Morgan fingerprint density at radius 2 is 1.70 bits per heavy atom. The first-order valence-corrected chi connectivity index (χ1v) is 12.1. The molecule has 30 heavy (non-hydrogen) atoms. The number of nitrogens with zero attached hydrogens (tertiary/aromatic N) is 2. The summed E-state index contributed by atoms with van der Waals surface area (Å²) in [6.07, 6.45) is 3.87. The molecule has 0 radical (unpaired) electrons. The molecule has 2 aromatic carbocycles. The van der Waals surface area contributed by atoms with E-state index < -0.39 is 10.0 Å². The SMILES string of the molecule is CCS(=O)(=O)N(C)c1ccc(C(=O)NCc2cccc(CN3CCCCC3)c2)cc1. The Bertz CT molecular complexity index is 952. The first kappa shape index (κ1) is 22.3. The van der Waals surface area contributed by atoms with Gasteiger partial charge in [-0.2, -0.15) is 0 Å². The molecule has 3 rings (SSSR count). The van der Waals surface area contributed by atoms with Crippen LogP contribution in [-0.2, 0) is 23.1 Å². The molecule has 0 saturated carbocycles. The van der Waals surface area contributed by atoms with E-state index in [0.717, 1.165) is 25.2 Å². The molecule has 0 aliphatic carbocycles. The Hall–Kier alpha value is -2.38. The van der Waals surface area contributed by atoms with Crippen LogP contribution in [0.3, 0.4) is 0 Å². The molecule has 1 N–H and O–H groups in total. The number of sulfonamides is 1. The van der Waals surface area contributed by atoms with Crippen LogP contribution in [0, 0.1) is 0 Å². The molecule has 1 aliphatic heterocycles. The minimum Gasteiger partial charge on any atom is -0.348 e. The van der Waals surface area contributed by atoms with Crippen LogP contribution in [0.4, 0.5) is 5.69 Å². The highest BCUT2D eigenvalue weighted by atomic mass is 32.2. The Morgan fingerprint density at radius 1 is 1.03 bits per heavy atom. The molecule has 2 aromatic rings. The lowest BCUT2D eigenvalue weighted by molar-refractivity contribution is 0.0951. The van der Waals surface area contributed by atoms with Crippen LogP contribution in [0.2, 0.25) is 0 Å². The molecule has 1 aliphatic rings. The van der Waals surface area contributed by atoms with E-state index in [4.69, 9.17) is 0 Å². The highest BCUT2D eigenvalue weighted by Gasteiger charge is 2.16. The zero-order valence-electron chi connectivity index (χ0n) is 17.8. The van der Waals surface area contributed by atoms with Crippen LogP contribution in [-0.4, -0.2) is 45.1 Å². The fraction of sp³-hybridized carbons (Fsp3) is 0.435. The number of rotatable bonds is 8. The molecular formula is C23H31N3O3S. The van der Waals surface area contributed by atoms with Crippen LogP contribution < -0.4 is 9.62 Å². The maximum Gasteiger partial charge on any atom is 0.251 e. The fourth-order valence-corrected chi connectivity index (χ4v) is 4.51. The molecule has 0 unspecified atom stereocenters. The smallest absolute Gasteiger partial charge is 0.251 e. The highest BCUT2D eigenvalue weighted by Crippen LogP contribution is 2.18. The average Bonchev–Trinajstić information content (AvgIpc) is 2.78. The van der Waals surface area contributed by atoms with Crippen molar-refractivity contribution in [3.05, 3.63) is 65.2 Å². The van der Waals surface area contributed by atoms with Gasteiger partial charge in [-0.25, -0.2) is 8.42 Å². The van der Waals surface area contributed by atoms with Gasteiger partial charge in [-0.1, -0.05) is 30.7 Å². The fourth-order valence-electron chi connectivity index (χ4n) is 3.68. The molecule has 0 bridgehead atoms. The van der Waals surface area contributed by atoms with Gasteiger partial charge < -0.3 is 5.32 Å². The van der Waals surface area contributed by atoms with Crippen molar-refractivity contribution in [1.82, 2.24) is 10.2 Å². The van der Waals surface area contributed by atoms with Crippen LogP contribution in [0.5, 0.6) is 0 Å². The molecule has 1 heterocycles. The second-order valence-corrected chi connectivity index (χ2v) is 10.0. The van der Waals surface area contributed by atoms with Crippen molar-refractivity contribution in [2.24, 2.45) is 0 Å². The molecule has 6 nitrogen and oxygen atoms in total. The molecule has 1 fully saturated rings. The van der Waals surface area contributed by atoms with Gasteiger partial charge in [0, 0.05) is 25.7 Å². The molecule has 7 heteroatoms. The number of likely N-dealkylation sites (tertiary alicyclic amines) is 1. The number of hydrogen-bond donors (Lipinski definition) is 1. The lowest BCUT2D eigenvalue weighted by atomic mass is 10.1. The maximum atomic E-state index is 12.5. The minimum absolute atomic E-state index is 0.0303. The van der Waals surface area contributed by atoms with Crippen molar-refractivity contribution in [3.63, 3.8) is 0 Å². The van der Waals surface area contributed by atoms with Crippen molar-refractivity contribution in [2.75, 3.05) is 30.2 Å². The van der Waals surface area contributed by atoms with Gasteiger partial charge in [-0.05, 0) is 68.2 Å². The molecular weight excluding hydrogens is 398 g/mol. The summed E-state index contributed by atoms with van der Waals surface area (Å²) in [6.45, 7) is 5.34. The van der Waals surface area contributed by atoms with Gasteiger partial charge in [0.2, 0.25) is 10.0 Å². The zero-order valence-corrected chi connectivity index (χ0v) is 18.6. The summed E-state index contributed by atoms with van der Waals surface area (Å²) in [5.74, 6) is -0.147. The Morgan fingerprint density at radius 3 is 2.37 bits per heavy atom. The van der Waals surface area contributed by atoms with E-state index in [9.17, 15) is 13.2 Å². The van der Waals surface area contributed by atoms with Crippen molar-refractivity contribution >= 4 is 21.6 Å². The summed E-state index contributed by atoms with van der Waals surface area (Å²) in [5.41, 5.74) is 3.39. The second-order valence-electron chi connectivity index (χ2n) is 7.75. The first-order chi connectivity index (χ1) is 14.4. The second kappa shape index (κ2) is 10.1. The normalized spacial score (nSPS) is 15.0. The number of piperidine rings is 1. The average molecular weight is 430 g/mol. The largest absolute Gasteiger partial charge is 0.348 e. The quantitative estimate of drug-likeness (QED) is 0.698. The number of anilines is 1. The third kappa shape index (κ3) is 5.83. The summed E-state index contributed by atoms with van der Waals surface area (Å²) >= 11 is 0. The van der Waals surface area contributed by atoms with Gasteiger partial charge >= 0.3 is 0 Å². The zero-order chi connectivity index (χ0) is 21.6. The highest BCUT2D eigenvalue weighted by molar-refractivity contribution is 7.92. The monoisotopic (exact) mass is 429 g/mol. The third-order valence-electron chi connectivity index (χ3n) is 5.57. The van der Waals surface area contributed by atoms with Crippen LogP contribution in [0.25, 0.3) is 0 Å². The molecule has 0 aromatic heterocycles. The van der Waals surface area contributed by atoms with E-state index in [1.807, 2.05) is 12.1 Å². The van der Waals surface area contributed by atoms with Gasteiger partial charge in [0.1, 0.15) is 0 Å². The number of amides is 1. The lowest BCUT2D eigenvalue weighted by Crippen LogP contribution is -2.29. The van der Waals surface area contributed by atoms with Gasteiger partial charge in [-0.3, -0.25) is 14.0 Å². The van der Waals surface area contributed by atoms with Gasteiger partial charge in [0.25, 0.3) is 5.91 Å². The van der Waals surface area contributed by atoms with E-state index in [0.29, 0.717) is 17.8 Å². The van der Waals surface area contributed by atoms with E-state index in [1.54, 1.807) is 31.2 Å². The minimum atomic E-state index is -3.32. The summed E-state index contributed by atoms with van der Waals surface area (Å²) in [6, 6.07) is 15.0. The first-order valence-electron chi connectivity index (χ1n) is 10.5. The van der Waals surface area contributed by atoms with Crippen molar-refractivity contribution < 1.29 is 13.2 Å². The van der Waals surface area contributed by atoms with Crippen molar-refractivity contribution in [1.29, 1.82) is 0 Å². The molecule has 1 amide bonds. The van der Waals surface area contributed by atoms with Crippen LogP contribution in [0.15, 0.2) is 48.5 Å². The van der Waals surface area contributed by atoms with Crippen LogP contribution >= 0.6 is 0 Å². The van der Waals surface area contributed by atoms with Crippen LogP contribution in [0.1, 0.15) is 47.7 Å². The molecule has 0 atom stereocenters. The number of carbonyl (C=O) groups excluding carboxylic acids is 1. The van der Waals surface area contributed by atoms with E-state index in [2.05, 4.69) is 22.3 Å². The summed E-state index contributed by atoms with van der Waals surface area (Å²) < 4.78 is 25.2. The maximum absolute atomic E-state index is 12.5. The van der Waals surface area contributed by atoms with Crippen molar-refractivity contribution in [3.8, 4) is 0 Å². The predicted molar refractivity (Wildman–Crippen MR) is 121 cm³/mol. The van der Waals surface area contributed by atoms with Crippen molar-refractivity contribution in [2.45, 2.75) is 39.3 Å². The van der Waals surface area contributed by atoms with E-state index in [1.165, 1.54) is 36.2 Å². The standard InChI is InChI=1S/C23H31N3O3S/c1-3-30(28,29)25(2)22-12-10-21(11-13-22)23(27)24-17-19-8-7-9-20(16-19)18-26-14-5-4-6-15-26/h7-13,16H,3-6,14-15,17-18H2,1-2H3,(H,24,27). The predicted octanol–water partition coefficient (Wildman–Crippen LogP) is 3.39. The third-order valence-corrected chi connectivity index (χ3v) is 7.35. The number of benzene rings is 2. The molecule has 162 valence electrons. The molecule has 0 spiro atoms. The molecule has 1 saturated heterocycles. The van der Waals surface area contributed by atoms with Gasteiger partial charge in [0.15, 0.2) is 0 Å². The van der Waals surface area contributed by atoms with Gasteiger partial charge in [0.05, 0.1) is 11.4 Å². The number of nitrogens with one attached hydrogen (secondary N) is 1. The van der Waals surface area contributed by atoms with E-state index >= 15 is 0 Å². The Kier molecular flexibility index (Phi) is 7.50. The van der Waals surface area contributed by atoms with E-state index in [-0.39, 0.29) is 11.7 Å². The summed E-state index contributed by atoms with van der Waals surface area (Å²) in [4.78, 5) is 15.0. The lowest BCUT2D eigenvalue weighted by Gasteiger charge is -2.26.